The van der Waals surface area contributed by atoms with Gasteiger partial charge in [-0.25, -0.2) is 14.4 Å². The normalized spacial score (nSPS) is 25.3. The van der Waals surface area contributed by atoms with Gasteiger partial charge < -0.3 is 9.90 Å². The zero-order chi connectivity index (χ0) is 27.9. The lowest BCUT2D eigenvalue weighted by molar-refractivity contribution is -0.137. The van der Waals surface area contributed by atoms with Crippen molar-refractivity contribution in [2.24, 2.45) is 17.8 Å². The number of benzene rings is 1. The highest BCUT2D eigenvalue weighted by molar-refractivity contribution is 5.96. The number of aliphatic hydroxyl groups excluding tert-OH is 1. The van der Waals surface area contributed by atoms with E-state index in [2.05, 4.69) is 18.5 Å². The zero-order valence-electron chi connectivity index (χ0n) is 22.4. The van der Waals surface area contributed by atoms with E-state index >= 15 is 4.39 Å². The zero-order valence-corrected chi connectivity index (χ0v) is 22.4. The number of halogens is 1. The fraction of sp³-hybridized carbons (Fsp3) is 0.344. The molecule has 3 aromatic rings. The molecule has 1 aromatic carbocycles. The number of allylic oxidation sites excluding steroid dienone is 5. The lowest BCUT2D eigenvalue weighted by atomic mass is 9.54. The molecule has 0 bridgehead atoms. The number of pyridine rings is 1. The summed E-state index contributed by atoms with van der Waals surface area (Å²) < 4.78 is 15.4. The first-order valence-corrected chi connectivity index (χ1v) is 13.3. The maximum atomic E-state index is 15.4. The molecule has 1 N–H and O–H groups in total. The minimum atomic E-state index is -0.717. The van der Waals surface area contributed by atoms with E-state index in [1.807, 2.05) is 31.2 Å². The Morgan fingerprint density at radius 2 is 2.03 bits per heavy atom. The van der Waals surface area contributed by atoms with Gasteiger partial charge in [-0.3, -0.25) is 9.78 Å². The van der Waals surface area contributed by atoms with E-state index in [1.54, 1.807) is 19.1 Å². The predicted molar refractivity (Wildman–Crippen MR) is 149 cm³/mol. The van der Waals surface area contributed by atoms with Gasteiger partial charge in [-0.1, -0.05) is 50.8 Å². The summed E-state index contributed by atoms with van der Waals surface area (Å²) in [5.74, 6) is -1.14. The monoisotopic (exact) mass is 525 g/mol. The minimum absolute atomic E-state index is 0.0111. The van der Waals surface area contributed by atoms with E-state index in [0.717, 1.165) is 22.9 Å². The summed E-state index contributed by atoms with van der Waals surface area (Å²) in [5, 5.41) is 10.7. The molecule has 39 heavy (non-hydrogen) atoms. The second-order valence-electron chi connectivity index (χ2n) is 10.7. The Kier molecular flexibility index (Phi) is 7.12. The third kappa shape index (κ3) is 4.35. The van der Waals surface area contributed by atoms with Gasteiger partial charge in [-0.15, -0.1) is 0 Å². The first kappa shape index (κ1) is 26.8. The number of Topliss-reactive ketones (excluding diaryl/α,β-unsaturated/α-hetero) is 1. The highest BCUT2D eigenvalue weighted by Gasteiger charge is 2.53. The number of ketones is 1. The molecule has 0 saturated heterocycles. The van der Waals surface area contributed by atoms with E-state index in [-0.39, 0.29) is 29.8 Å². The molecule has 1 unspecified atom stereocenters. The van der Waals surface area contributed by atoms with Gasteiger partial charge in [-0.2, -0.15) is 0 Å². The van der Waals surface area contributed by atoms with Crippen LogP contribution in [0.2, 0.25) is 0 Å². The van der Waals surface area contributed by atoms with Crippen molar-refractivity contribution in [3.63, 3.8) is 0 Å². The molecule has 2 heterocycles. The molecule has 5 rings (SSSR count). The molecule has 0 aliphatic heterocycles. The van der Waals surface area contributed by atoms with Gasteiger partial charge in [0.2, 0.25) is 0 Å². The maximum Gasteiger partial charge on any atom is 0.160 e. The van der Waals surface area contributed by atoms with Crippen LogP contribution < -0.4 is 0 Å². The van der Waals surface area contributed by atoms with Crippen LogP contribution in [0.5, 0.6) is 0 Å². The number of carbonyl (C=O) groups is 2. The fourth-order valence-electron chi connectivity index (χ4n) is 6.63. The molecule has 0 amide bonds. The van der Waals surface area contributed by atoms with Crippen LogP contribution >= 0.6 is 0 Å². The topological polar surface area (TPSA) is 93.0 Å². The van der Waals surface area contributed by atoms with E-state index in [1.165, 1.54) is 12.2 Å². The molecule has 2 aliphatic rings. The Morgan fingerprint density at radius 3 is 2.72 bits per heavy atom. The Hall–Kier alpha value is -3.84. The smallest absolute Gasteiger partial charge is 0.160 e. The van der Waals surface area contributed by atoms with Gasteiger partial charge in [0.25, 0.3) is 0 Å². The summed E-state index contributed by atoms with van der Waals surface area (Å²) in [6, 6.07) is 9.30. The maximum absolute atomic E-state index is 15.4. The first-order valence-electron chi connectivity index (χ1n) is 13.3. The number of fused-ring (bicyclic) bond motifs is 4. The number of hydrogen-bond donors (Lipinski definition) is 1. The summed E-state index contributed by atoms with van der Waals surface area (Å²) in [6.07, 6.45) is 6.86. The van der Waals surface area contributed by atoms with Crippen molar-refractivity contribution < 1.29 is 19.1 Å². The molecule has 0 radical (unpaired) electrons. The fourth-order valence-corrected chi connectivity index (χ4v) is 6.63. The molecular weight excluding hydrogens is 493 g/mol. The van der Waals surface area contributed by atoms with Gasteiger partial charge >= 0.3 is 0 Å². The number of aromatic nitrogens is 3. The van der Waals surface area contributed by atoms with Gasteiger partial charge in [-0.05, 0) is 50.3 Å². The Balaban J connectivity index is 1.86. The largest absolute Gasteiger partial charge is 0.390 e. The van der Waals surface area contributed by atoms with Crippen LogP contribution in [0.3, 0.4) is 0 Å². The highest BCUT2D eigenvalue weighted by atomic mass is 19.1. The molecule has 4 atom stereocenters. The molecule has 1 fully saturated rings. The SMILES string of the molecule is C=C/C(=C(F)\C=C/C)c1nc(-c2cc(CO)nc3ccccc23)nc2c1CC[C@@H]1[C@@H](C)C(=O)C(C=O)C[C@@]21C. The summed E-state index contributed by atoms with van der Waals surface area (Å²) in [5.41, 5.74) is 3.51. The number of hydrogen-bond acceptors (Lipinski definition) is 6. The van der Waals surface area contributed by atoms with E-state index in [4.69, 9.17) is 9.97 Å². The molecule has 2 aromatic heterocycles. The lowest BCUT2D eigenvalue weighted by Gasteiger charge is -2.49. The third-order valence-corrected chi connectivity index (χ3v) is 8.50. The number of aliphatic hydroxyl groups is 1. The second-order valence-corrected chi connectivity index (χ2v) is 10.7. The van der Waals surface area contributed by atoms with Crippen LogP contribution in [0.1, 0.15) is 56.3 Å². The molecule has 7 heteroatoms. The minimum Gasteiger partial charge on any atom is -0.390 e. The average Bonchev–Trinajstić information content (AvgIpc) is 2.95. The third-order valence-electron chi connectivity index (χ3n) is 8.50. The van der Waals surface area contributed by atoms with E-state index in [9.17, 15) is 14.7 Å². The van der Waals surface area contributed by atoms with Gasteiger partial charge in [0.15, 0.2) is 5.82 Å². The van der Waals surface area contributed by atoms with E-state index in [0.29, 0.717) is 47.6 Å². The number of carbonyl (C=O) groups excluding carboxylic acids is 2. The average molecular weight is 526 g/mol. The van der Waals surface area contributed by atoms with Crippen molar-refractivity contribution in [2.75, 3.05) is 0 Å². The van der Waals surface area contributed by atoms with Crippen LogP contribution in [-0.4, -0.2) is 32.1 Å². The van der Waals surface area contributed by atoms with Gasteiger partial charge in [0.1, 0.15) is 17.9 Å². The van der Waals surface area contributed by atoms with Crippen molar-refractivity contribution in [3.05, 3.63) is 83.6 Å². The summed E-state index contributed by atoms with van der Waals surface area (Å²) in [7, 11) is 0. The van der Waals surface area contributed by atoms with Crippen molar-refractivity contribution in [3.8, 4) is 11.4 Å². The van der Waals surface area contributed by atoms with Crippen molar-refractivity contribution in [1.82, 2.24) is 15.0 Å². The van der Waals surface area contributed by atoms with Crippen LogP contribution in [0.15, 0.2) is 61.0 Å². The summed E-state index contributed by atoms with van der Waals surface area (Å²) >= 11 is 0. The summed E-state index contributed by atoms with van der Waals surface area (Å²) in [4.78, 5) is 39.6. The van der Waals surface area contributed by atoms with Crippen LogP contribution in [-0.2, 0) is 28.0 Å². The molecule has 200 valence electrons. The second kappa shape index (κ2) is 10.4. The highest BCUT2D eigenvalue weighted by Crippen LogP contribution is 2.53. The van der Waals surface area contributed by atoms with Crippen LogP contribution in [0.25, 0.3) is 27.9 Å². The van der Waals surface area contributed by atoms with Crippen molar-refractivity contribution >= 4 is 28.5 Å². The number of aldehydes is 1. The van der Waals surface area contributed by atoms with Crippen LogP contribution in [0.4, 0.5) is 4.39 Å². The Bertz CT molecular complexity index is 1560. The molecule has 6 nitrogen and oxygen atoms in total. The Labute approximate surface area is 227 Å². The molecule has 1 saturated carbocycles. The van der Waals surface area contributed by atoms with Gasteiger partial charge in [0, 0.05) is 33.4 Å². The number of para-hydroxylation sites is 1. The summed E-state index contributed by atoms with van der Waals surface area (Å²) in [6.45, 7) is 9.34. The number of rotatable bonds is 6. The standard InChI is InChI=1S/C32H32FN3O3/c1-5-9-26(33)21(6-2)28-23-12-13-25-18(3)29(39)19(16-37)15-32(25,4)30(23)36-31(35-28)24-14-20(17-38)34-27-11-8-7-10-22(24)27/h5-11,14,16,18-19,25,38H,2,12-13,15,17H2,1,3-4H3/b9-5-,26-21-/t18-,19?,25-,32-/m1/s1. The van der Waals surface area contributed by atoms with E-state index < -0.39 is 17.2 Å². The quantitative estimate of drug-likeness (QED) is 0.246. The van der Waals surface area contributed by atoms with Crippen molar-refractivity contribution in [1.29, 1.82) is 0 Å². The molecule has 0 spiro atoms. The van der Waals surface area contributed by atoms with Crippen LogP contribution in [0, 0.1) is 17.8 Å². The van der Waals surface area contributed by atoms with Crippen molar-refractivity contribution in [2.45, 2.75) is 52.1 Å². The van der Waals surface area contributed by atoms with Gasteiger partial charge in [0.05, 0.1) is 35.1 Å². The number of nitrogens with zero attached hydrogens (tertiary/aromatic N) is 3. The first-order chi connectivity index (χ1) is 18.8. The Morgan fingerprint density at radius 1 is 1.26 bits per heavy atom. The molecule has 2 aliphatic carbocycles. The predicted octanol–water partition coefficient (Wildman–Crippen LogP) is 5.87. The lowest BCUT2D eigenvalue weighted by Crippen LogP contribution is -2.51. The molecular formula is C32H32FN3O3.